The summed E-state index contributed by atoms with van der Waals surface area (Å²) in [5.41, 5.74) is 11.6. The fourth-order valence-electron chi connectivity index (χ4n) is 1.55. The van der Waals surface area contributed by atoms with Crippen molar-refractivity contribution in [3.05, 3.63) is 6.20 Å². The second-order valence-electron chi connectivity index (χ2n) is 3.64. The Hall–Kier alpha value is -1.56. The number of nitrogens with two attached hydrogens (primary N) is 2. The van der Waals surface area contributed by atoms with E-state index in [0.29, 0.717) is 24.1 Å². The summed E-state index contributed by atoms with van der Waals surface area (Å²) in [6.45, 7) is 4.28. The minimum absolute atomic E-state index is 0.195. The molecule has 4 N–H and O–H groups in total. The van der Waals surface area contributed by atoms with E-state index < -0.39 is 0 Å². The number of anilines is 3. The van der Waals surface area contributed by atoms with Crippen LogP contribution in [-0.2, 0) is 4.74 Å². The fraction of sp³-hybridized carbons (Fsp3) is 0.556. The van der Waals surface area contributed by atoms with Crippen molar-refractivity contribution >= 4 is 17.5 Å². The summed E-state index contributed by atoms with van der Waals surface area (Å²) in [6, 6.07) is 0. The van der Waals surface area contributed by atoms with Crippen LogP contribution in [-0.4, -0.2) is 35.8 Å². The summed E-state index contributed by atoms with van der Waals surface area (Å²) >= 11 is 0. The summed E-state index contributed by atoms with van der Waals surface area (Å²) in [5, 5.41) is 0. The third-order valence-electron chi connectivity index (χ3n) is 2.36. The van der Waals surface area contributed by atoms with Gasteiger partial charge in [-0.05, 0) is 6.92 Å². The second kappa shape index (κ2) is 3.90. The molecule has 1 atom stereocenters. The quantitative estimate of drug-likeness (QED) is 0.669. The average molecular weight is 209 g/mol. The minimum atomic E-state index is 0.195. The molecule has 2 rings (SSSR count). The molecule has 0 radical (unpaired) electrons. The summed E-state index contributed by atoms with van der Waals surface area (Å²) in [7, 11) is 0. The van der Waals surface area contributed by atoms with Crippen molar-refractivity contribution in [3.8, 4) is 0 Å². The molecule has 2 heterocycles. The van der Waals surface area contributed by atoms with E-state index in [0.717, 1.165) is 13.1 Å². The van der Waals surface area contributed by atoms with Crippen LogP contribution in [0.4, 0.5) is 17.5 Å². The standard InChI is InChI=1S/C9H15N5O/c1-6-5-14(2-3-15-6)9-12-4-7(10)8(11)13-9/h4,6H,2-3,5,10H2,1H3,(H2,11,12,13)/t6-/m1/s1. The molecule has 15 heavy (non-hydrogen) atoms. The molecule has 6 heteroatoms. The van der Waals surface area contributed by atoms with Crippen LogP contribution in [0.25, 0.3) is 0 Å². The third kappa shape index (κ3) is 2.10. The van der Waals surface area contributed by atoms with Gasteiger partial charge in [0, 0.05) is 13.1 Å². The molecule has 0 spiro atoms. The first kappa shape index (κ1) is 9.97. The Balaban J connectivity index is 2.18. The lowest BCUT2D eigenvalue weighted by Gasteiger charge is -2.31. The predicted molar refractivity (Wildman–Crippen MR) is 58.5 cm³/mol. The number of hydrogen-bond donors (Lipinski definition) is 2. The number of ether oxygens (including phenoxy) is 1. The molecule has 0 saturated carbocycles. The van der Waals surface area contributed by atoms with Crippen LogP contribution in [0, 0.1) is 0 Å². The lowest BCUT2D eigenvalue weighted by atomic mass is 10.3. The maximum Gasteiger partial charge on any atom is 0.227 e. The molecule has 0 aliphatic carbocycles. The van der Waals surface area contributed by atoms with E-state index in [1.54, 1.807) is 0 Å². The van der Waals surface area contributed by atoms with Gasteiger partial charge in [-0.3, -0.25) is 0 Å². The van der Waals surface area contributed by atoms with Gasteiger partial charge >= 0.3 is 0 Å². The summed E-state index contributed by atoms with van der Waals surface area (Å²) in [6.07, 6.45) is 1.73. The Labute approximate surface area is 88.2 Å². The highest BCUT2D eigenvalue weighted by molar-refractivity contribution is 5.58. The zero-order chi connectivity index (χ0) is 10.8. The molecule has 1 fully saturated rings. The van der Waals surface area contributed by atoms with E-state index in [4.69, 9.17) is 16.2 Å². The lowest BCUT2D eigenvalue weighted by molar-refractivity contribution is 0.0526. The van der Waals surface area contributed by atoms with E-state index in [1.807, 2.05) is 11.8 Å². The Morgan fingerprint density at radius 3 is 3.00 bits per heavy atom. The van der Waals surface area contributed by atoms with Crippen LogP contribution in [0.15, 0.2) is 6.20 Å². The molecule has 0 amide bonds. The highest BCUT2D eigenvalue weighted by Gasteiger charge is 2.19. The smallest absolute Gasteiger partial charge is 0.227 e. The first-order chi connectivity index (χ1) is 7.16. The van der Waals surface area contributed by atoms with Crippen LogP contribution in [0.1, 0.15) is 6.92 Å². The molecular formula is C9H15N5O. The monoisotopic (exact) mass is 209 g/mol. The van der Waals surface area contributed by atoms with Crippen molar-refractivity contribution in [2.24, 2.45) is 0 Å². The fourth-order valence-corrected chi connectivity index (χ4v) is 1.55. The molecule has 0 unspecified atom stereocenters. The zero-order valence-corrected chi connectivity index (χ0v) is 8.68. The Kier molecular flexibility index (Phi) is 2.59. The van der Waals surface area contributed by atoms with Crippen LogP contribution >= 0.6 is 0 Å². The predicted octanol–water partition coefficient (Wildman–Crippen LogP) is -0.134. The van der Waals surface area contributed by atoms with Gasteiger partial charge in [-0.15, -0.1) is 0 Å². The SMILES string of the molecule is C[C@@H]1CN(c2ncc(N)c(N)n2)CCO1. The number of morpholine rings is 1. The molecule has 1 saturated heterocycles. The van der Waals surface area contributed by atoms with Crippen molar-refractivity contribution in [2.45, 2.75) is 13.0 Å². The Bertz CT molecular complexity index is 356. The topological polar surface area (TPSA) is 90.3 Å². The number of nitrogen functional groups attached to an aromatic ring is 2. The van der Waals surface area contributed by atoms with E-state index in [-0.39, 0.29) is 6.10 Å². The summed E-state index contributed by atoms with van der Waals surface area (Å²) in [4.78, 5) is 10.3. The van der Waals surface area contributed by atoms with E-state index in [9.17, 15) is 0 Å². The van der Waals surface area contributed by atoms with Crippen molar-refractivity contribution in [1.82, 2.24) is 9.97 Å². The molecular weight excluding hydrogens is 194 g/mol. The molecule has 0 bridgehead atoms. The van der Waals surface area contributed by atoms with Gasteiger partial charge in [0.1, 0.15) is 0 Å². The van der Waals surface area contributed by atoms with Gasteiger partial charge in [0.05, 0.1) is 24.6 Å². The number of nitrogens with zero attached hydrogens (tertiary/aromatic N) is 3. The molecule has 1 aliphatic heterocycles. The van der Waals surface area contributed by atoms with Gasteiger partial charge < -0.3 is 21.1 Å². The summed E-state index contributed by atoms with van der Waals surface area (Å²) < 4.78 is 5.43. The highest BCUT2D eigenvalue weighted by Crippen LogP contribution is 2.17. The zero-order valence-electron chi connectivity index (χ0n) is 8.68. The van der Waals surface area contributed by atoms with Crippen molar-refractivity contribution < 1.29 is 4.74 Å². The summed E-state index contributed by atoms with van der Waals surface area (Å²) in [5.74, 6) is 0.955. The van der Waals surface area contributed by atoms with E-state index >= 15 is 0 Å². The van der Waals surface area contributed by atoms with Gasteiger partial charge in [0.25, 0.3) is 0 Å². The van der Waals surface area contributed by atoms with Gasteiger partial charge in [0.15, 0.2) is 5.82 Å². The van der Waals surface area contributed by atoms with Crippen molar-refractivity contribution in [2.75, 3.05) is 36.1 Å². The van der Waals surface area contributed by atoms with Crippen LogP contribution in [0.3, 0.4) is 0 Å². The number of aromatic nitrogens is 2. The van der Waals surface area contributed by atoms with Gasteiger partial charge in [-0.25, -0.2) is 4.98 Å². The maximum absolute atomic E-state index is 5.63. The van der Waals surface area contributed by atoms with Crippen LogP contribution < -0.4 is 16.4 Å². The van der Waals surface area contributed by atoms with Crippen LogP contribution in [0.5, 0.6) is 0 Å². The molecule has 1 aromatic heterocycles. The normalized spacial score (nSPS) is 21.7. The molecule has 1 aromatic rings. The molecule has 0 aromatic carbocycles. The van der Waals surface area contributed by atoms with Gasteiger partial charge in [0.2, 0.25) is 5.95 Å². The first-order valence-corrected chi connectivity index (χ1v) is 4.91. The van der Waals surface area contributed by atoms with Gasteiger partial charge in [-0.1, -0.05) is 0 Å². The van der Waals surface area contributed by atoms with Gasteiger partial charge in [-0.2, -0.15) is 4.98 Å². The number of hydrogen-bond acceptors (Lipinski definition) is 6. The van der Waals surface area contributed by atoms with E-state index in [2.05, 4.69) is 9.97 Å². The maximum atomic E-state index is 5.63. The highest BCUT2D eigenvalue weighted by atomic mass is 16.5. The van der Waals surface area contributed by atoms with Crippen LogP contribution in [0.2, 0.25) is 0 Å². The number of rotatable bonds is 1. The molecule has 82 valence electrons. The largest absolute Gasteiger partial charge is 0.394 e. The average Bonchev–Trinajstić information content (AvgIpc) is 2.22. The van der Waals surface area contributed by atoms with E-state index in [1.165, 1.54) is 6.20 Å². The third-order valence-corrected chi connectivity index (χ3v) is 2.36. The Morgan fingerprint density at radius 1 is 1.53 bits per heavy atom. The minimum Gasteiger partial charge on any atom is -0.394 e. The molecule has 1 aliphatic rings. The Morgan fingerprint density at radius 2 is 2.33 bits per heavy atom. The first-order valence-electron chi connectivity index (χ1n) is 4.91. The molecule has 6 nitrogen and oxygen atoms in total. The van der Waals surface area contributed by atoms with Crippen molar-refractivity contribution in [1.29, 1.82) is 0 Å². The van der Waals surface area contributed by atoms with Crippen molar-refractivity contribution in [3.63, 3.8) is 0 Å². The second-order valence-corrected chi connectivity index (χ2v) is 3.64. The lowest BCUT2D eigenvalue weighted by Crippen LogP contribution is -2.42.